The zero-order chi connectivity index (χ0) is 21.6. The minimum Gasteiger partial charge on any atom is -0.388 e. The summed E-state index contributed by atoms with van der Waals surface area (Å²) in [6.07, 6.45) is 1.30. The van der Waals surface area contributed by atoms with Crippen molar-refractivity contribution in [2.45, 2.75) is 49.3 Å². The molecule has 0 bridgehead atoms. The van der Waals surface area contributed by atoms with Crippen LogP contribution < -0.4 is 10.0 Å². The number of amides is 1. The van der Waals surface area contributed by atoms with Crippen molar-refractivity contribution in [3.8, 4) is 0 Å². The molecule has 2 aromatic carbocycles. The van der Waals surface area contributed by atoms with Gasteiger partial charge in [0.05, 0.1) is 17.1 Å². The van der Waals surface area contributed by atoms with Gasteiger partial charge >= 0.3 is 0 Å². The summed E-state index contributed by atoms with van der Waals surface area (Å²) in [5.41, 5.74) is 1.03. The number of nitrogens with one attached hydrogen (secondary N) is 2. The predicted octanol–water partition coefficient (Wildman–Crippen LogP) is 2.39. The van der Waals surface area contributed by atoms with Gasteiger partial charge in [-0.25, -0.2) is 13.1 Å². The van der Waals surface area contributed by atoms with Crippen LogP contribution in [-0.4, -0.2) is 44.7 Å². The van der Waals surface area contributed by atoms with Crippen LogP contribution in [0, 0.1) is 0 Å². The van der Waals surface area contributed by atoms with Gasteiger partial charge in [-0.3, -0.25) is 4.79 Å². The lowest BCUT2D eigenvalue weighted by molar-refractivity contribution is 0.0916. The number of rotatable bonds is 9. The van der Waals surface area contributed by atoms with Crippen LogP contribution in [0.1, 0.15) is 48.2 Å². The zero-order valence-electron chi connectivity index (χ0n) is 17.0. The van der Waals surface area contributed by atoms with E-state index in [1.165, 1.54) is 12.1 Å². The largest absolute Gasteiger partial charge is 0.388 e. The van der Waals surface area contributed by atoms with Crippen LogP contribution >= 0.6 is 0 Å². The van der Waals surface area contributed by atoms with Gasteiger partial charge in [-0.2, -0.15) is 0 Å². The number of carbonyl (C=O) groups is 1. The Kier molecular flexibility index (Phi) is 7.60. The van der Waals surface area contributed by atoms with Crippen LogP contribution in [0.2, 0.25) is 0 Å². The molecule has 1 heterocycles. The van der Waals surface area contributed by atoms with Crippen molar-refractivity contribution in [2.75, 3.05) is 13.2 Å². The third kappa shape index (κ3) is 6.12. The van der Waals surface area contributed by atoms with Crippen LogP contribution in [0.4, 0.5) is 0 Å². The molecule has 1 saturated heterocycles. The number of aliphatic hydroxyl groups excluding tert-OH is 1. The Labute approximate surface area is 177 Å². The van der Waals surface area contributed by atoms with Crippen LogP contribution in [-0.2, 0) is 14.8 Å². The molecule has 7 nitrogen and oxygen atoms in total. The third-order valence-corrected chi connectivity index (χ3v) is 6.49. The number of sulfonamides is 1. The number of carbonyl (C=O) groups excluding carboxylic acids is 1. The van der Waals surface area contributed by atoms with Gasteiger partial charge in [0.1, 0.15) is 0 Å². The smallest absolute Gasteiger partial charge is 0.251 e. The molecule has 1 aliphatic heterocycles. The predicted molar refractivity (Wildman–Crippen MR) is 114 cm³/mol. The van der Waals surface area contributed by atoms with E-state index >= 15 is 0 Å². The van der Waals surface area contributed by atoms with Crippen molar-refractivity contribution in [1.82, 2.24) is 10.0 Å². The quantitative estimate of drug-likeness (QED) is 0.564. The molecule has 162 valence electrons. The topological polar surface area (TPSA) is 105 Å². The summed E-state index contributed by atoms with van der Waals surface area (Å²) < 4.78 is 33.1. The highest BCUT2D eigenvalue weighted by atomic mass is 32.2. The fourth-order valence-corrected chi connectivity index (χ4v) is 4.52. The molecule has 0 aliphatic carbocycles. The first kappa shape index (κ1) is 22.4. The average Bonchev–Trinajstić information content (AvgIpc) is 3.27. The first-order valence-electron chi connectivity index (χ1n) is 10.1. The normalized spacial score (nSPS) is 18.7. The van der Waals surface area contributed by atoms with E-state index < -0.39 is 16.1 Å². The molecule has 0 radical (unpaired) electrons. The second-order valence-corrected chi connectivity index (χ2v) is 9.32. The van der Waals surface area contributed by atoms with E-state index in [0.717, 1.165) is 18.4 Å². The summed E-state index contributed by atoms with van der Waals surface area (Å²) in [5.74, 6) is -0.390. The highest BCUT2D eigenvalue weighted by Crippen LogP contribution is 2.18. The van der Waals surface area contributed by atoms with Crippen molar-refractivity contribution in [3.05, 3.63) is 65.7 Å². The molecule has 8 heteroatoms. The monoisotopic (exact) mass is 432 g/mol. The molecule has 1 fully saturated rings. The first-order valence-corrected chi connectivity index (χ1v) is 11.6. The lowest BCUT2D eigenvalue weighted by Gasteiger charge is -2.18. The summed E-state index contributed by atoms with van der Waals surface area (Å²) in [7, 11) is -3.74. The Hall–Kier alpha value is -2.26. The minimum atomic E-state index is -3.74. The fourth-order valence-electron chi connectivity index (χ4n) is 3.41. The number of benzene rings is 2. The van der Waals surface area contributed by atoms with Gasteiger partial charge in [0, 0.05) is 24.8 Å². The standard InChI is InChI=1S/C22H28N2O5S/c1-16(13-21(25)17-7-3-2-4-8-17)24-22(26)18-9-5-11-20(14-18)30(27,28)23-15-19-10-6-12-29-19/h2-5,7-9,11,14,16,19,21,23,25H,6,10,12-13,15H2,1H3,(H,24,26)/t16-,19-,21-/m1/s1. The van der Waals surface area contributed by atoms with Crippen molar-refractivity contribution >= 4 is 15.9 Å². The maximum Gasteiger partial charge on any atom is 0.251 e. The Bertz CT molecular complexity index is 943. The summed E-state index contributed by atoms with van der Waals surface area (Å²) in [5, 5.41) is 13.1. The van der Waals surface area contributed by atoms with E-state index in [1.54, 1.807) is 19.1 Å². The third-order valence-electron chi connectivity index (χ3n) is 5.07. The van der Waals surface area contributed by atoms with Gasteiger partial charge in [-0.05, 0) is 49.9 Å². The Morgan fingerprint density at radius 2 is 1.97 bits per heavy atom. The van der Waals surface area contributed by atoms with Gasteiger partial charge in [0.25, 0.3) is 5.91 Å². The van der Waals surface area contributed by atoms with Gasteiger partial charge in [0.2, 0.25) is 10.0 Å². The highest BCUT2D eigenvalue weighted by molar-refractivity contribution is 7.89. The molecule has 0 unspecified atom stereocenters. The number of aliphatic hydroxyl groups is 1. The molecule has 2 aromatic rings. The van der Waals surface area contributed by atoms with E-state index in [0.29, 0.717) is 13.0 Å². The molecule has 1 aliphatic rings. The maximum absolute atomic E-state index is 12.6. The van der Waals surface area contributed by atoms with Crippen LogP contribution in [0.3, 0.4) is 0 Å². The summed E-state index contributed by atoms with van der Waals surface area (Å²) in [4.78, 5) is 12.6. The Morgan fingerprint density at radius 1 is 1.20 bits per heavy atom. The molecular weight excluding hydrogens is 404 g/mol. The van der Waals surface area contributed by atoms with Crippen LogP contribution in [0.15, 0.2) is 59.5 Å². The van der Waals surface area contributed by atoms with E-state index in [-0.39, 0.29) is 35.1 Å². The van der Waals surface area contributed by atoms with Gasteiger partial charge in [-0.15, -0.1) is 0 Å². The molecule has 1 amide bonds. The van der Waals surface area contributed by atoms with E-state index in [4.69, 9.17) is 4.74 Å². The molecule has 3 atom stereocenters. The summed E-state index contributed by atoms with van der Waals surface area (Å²) >= 11 is 0. The second kappa shape index (κ2) is 10.2. The van der Waals surface area contributed by atoms with Gasteiger partial charge in [0.15, 0.2) is 0 Å². The molecule has 3 rings (SSSR count). The molecule has 0 saturated carbocycles. The molecule has 3 N–H and O–H groups in total. The molecule has 0 spiro atoms. The zero-order valence-corrected chi connectivity index (χ0v) is 17.8. The average molecular weight is 433 g/mol. The highest BCUT2D eigenvalue weighted by Gasteiger charge is 2.21. The minimum absolute atomic E-state index is 0.0325. The first-order chi connectivity index (χ1) is 14.3. The molecule has 0 aromatic heterocycles. The van der Waals surface area contributed by atoms with Gasteiger partial charge in [-0.1, -0.05) is 36.4 Å². The van der Waals surface area contributed by atoms with Crippen LogP contribution in [0.5, 0.6) is 0 Å². The Balaban J connectivity index is 1.59. The van der Waals surface area contributed by atoms with Crippen LogP contribution in [0.25, 0.3) is 0 Å². The summed E-state index contributed by atoms with van der Waals surface area (Å²) in [6, 6.07) is 14.8. The fraction of sp³-hybridized carbons (Fsp3) is 0.409. The number of hydrogen-bond donors (Lipinski definition) is 3. The van der Waals surface area contributed by atoms with E-state index in [2.05, 4.69) is 10.0 Å². The lowest BCUT2D eigenvalue weighted by Crippen LogP contribution is -2.34. The molecule has 30 heavy (non-hydrogen) atoms. The SMILES string of the molecule is C[C@H](C[C@@H](O)c1ccccc1)NC(=O)c1cccc(S(=O)(=O)NC[C@H]2CCCO2)c1. The second-order valence-electron chi connectivity index (χ2n) is 7.55. The number of hydrogen-bond acceptors (Lipinski definition) is 5. The lowest BCUT2D eigenvalue weighted by atomic mass is 10.0. The molecular formula is C22H28N2O5S. The maximum atomic E-state index is 12.6. The van der Waals surface area contributed by atoms with Gasteiger partial charge < -0.3 is 15.2 Å². The Morgan fingerprint density at radius 3 is 2.67 bits per heavy atom. The van der Waals surface area contributed by atoms with Crippen molar-refractivity contribution in [2.24, 2.45) is 0 Å². The van der Waals surface area contributed by atoms with E-state index in [9.17, 15) is 18.3 Å². The summed E-state index contributed by atoms with van der Waals surface area (Å²) in [6.45, 7) is 2.67. The van der Waals surface area contributed by atoms with Crippen molar-refractivity contribution in [1.29, 1.82) is 0 Å². The number of ether oxygens (including phenoxy) is 1. The van der Waals surface area contributed by atoms with Crippen molar-refractivity contribution < 1.29 is 23.1 Å². The van der Waals surface area contributed by atoms with Crippen molar-refractivity contribution in [3.63, 3.8) is 0 Å². The van der Waals surface area contributed by atoms with E-state index in [1.807, 2.05) is 30.3 Å².